The fourth-order valence-electron chi connectivity index (χ4n) is 4.29. The normalized spacial score (nSPS) is 19.7. The van der Waals surface area contributed by atoms with Crippen LogP contribution in [0.25, 0.3) is 10.8 Å². The van der Waals surface area contributed by atoms with E-state index in [1.54, 1.807) is 7.11 Å². The maximum atomic E-state index is 13.4. The Morgan fingerprint density at radius 2 is 1.70 bits per heavy atom. The molecule has 1 atom stereocenters. The van der Waals surface area contributed by atoms with Gasteiger partial charge >= 0.3 is 6.03 Å². The minimum absolute atomic E-state index is 0.0276. The van der Waals surface area contributed by atoms with Gasteiger partial charge in [0.25, 0.3) is 0 Å². The molecule has 0 bridgehead atoms. The Labute approximate surface area is 158 Å². The molecule has 2 heterocycles. The van der Waals surface area contributed by atoms with E-state index in [1.165, 1.54) is 0 Å². The molecule has 0 radical (unpaired) electrons. The number of urea groups is 1. The fraction of sp³-hybridized carbons (Fsp3) is 0.227. The maximum Gasteiger partial charge on any atom is 0.340 e. The van der Waals surface area contributed by atoms with Crippen molar-refractivity contribution in [3.63, 3.8) is 0 Å². The number of fused-ring (bicyclic) bond motifs is 2. The van der Waals surface area contributed by atoms with Crippen LogP contribution in [0.5, 0.6) is 5.75 Å². The molecule has 2 amide bonds. The molecular formula is C22H21N3O2. The number of anilines is 1. The van der Waals surface area contributed by atoms with Crippen molar-refractivity contribution >= 4 is 22.5 Å². The van der Waals surface area contributed by atoms with Crippen LogP contribution < -0.4 is 9.64 Å². The van der Waals surface area contributed by atoms with Crippen LogP contribution in [-0.4, -0.2) is 36.2 Å². The number of rotatable bonds is 3. The van der Waals surface area contributed by atoms with Crippen LogP contribution >= 0.6 is 0 Å². The topological polar surface area (TPSA) is 36.0 Å². The lowest BCUT2D eigenvalue weighted by molar-refractivity contribution is 0.0718. The highest BCUT2D eigenvalue weighted by molar-refractivity contribution is 6.04. The van der Waals surface area contributed by atoms with E-state index >= 15 is 0 Å². The second kappa shape index (κ2) is 6.28. The molecule has 0 unspecified atom stereocenters. The highest BCUT2D eigenvalue weighted by atomic mass is 16.5. The number of hydrogen-bond acceptors (Lipinski definition) is 3. The van der Waals surface area contributed by atoms with Crippen LogP contribution in [-0.2, 0) is 0 Å². The molecule has 0 N–H and O–H groups in total. The van der Waals surface area contributed by atoms with Gasteiger partial charge in [-0.3, -0.25) is 9.91 Å². The van der Waals surface area contributed by atoms with E-state index in [2.05, 4.69) is 29.3 Å². The van der Waals surface area contributed by atoms with Crippen LogP contribution in [0.3, 0.4) is 0 Å². The lowest BCUT2D eigenvalue weighted by Gasteiger charge is -2.29. The van der Waals surface area contributed by atoms with Gasteiger partial charge in [-0.25, -0.2) is 4.79 Å². The van der Waals surface area contributed by atoms with E-state index in [0.717, 1.165) is 47.3 Å². The Kier molecular flexibility index (Phi) is 3.76. The second-order valence-corrected chi connectivity index (χ2v) is 6.91. The number of methoxy groups -OCH3 is 1. The SMILES string of the molecule is COc1ccccc1[C@@H]1N(c2cccc3ccccc23)C(=O)N2CCCN12. The van der Waals surface area contributed by atoms with Crippen LogP contribution in [0.1, 0.15) is 18.2 Å². The molecule has 0 spiro atoms. The van der Waals surface area contributed by atoms with Crippen molar-refractivity contribution in [1.29, 1.82) is 0 Å². The molecule has 0 aromatic heterocycles. The van der Waals surface area contributed by atoms with Gasteiger partial charge in [0.15, 0.2) is 0 Å². The van der Waals surface area contributed by atoms with Gasteiger partial charge in [0.2, 0.25) is 0 Å². The Bertz CT molecular complexity index is 1010. The minimum Gasteiger partial charge on any atom is -0.496 e. The van der Waals surface area contributed by atoms with Crippen molar-refractivity contribution in [3.8, 4) is 5.75 Å². The summed E-state index contributed by atoms with van der Waals surface area (Å²) in [6, 6.07) is 22.3. The minimum atomic E-state index is -0.207. The third-order valence-corrected chi connectivity index (χ3v) is 5.46. The summed E-state index contributed by atoms with van der Waals surface area (Å²) in [6.45, 7) is 1.61. The van der Waals surface area contributed by atoms with Crippen LogP contribution in [0.4, 0.5) is 10.5 Å². The highest BCUT2D eigenvalue weighted by Crippen LogP contribution is 2.44. The molecule has 2 fully saturated rings. The summed E-state index contributed by atoms with van der Waals surface area (Å²) in [4.78, 5) is 15.3. The number of hydrogen-bond donors (Lipinski definition) is 0. The van der Waals surface area contributed by atoms with E-state index < -0.39 is 0 Å². The summed E-state index contributed by atoms with van der Waals surface area (Å²) in [5.74, 6) is 0.800. The molecule has 27 heavy (non-hydrogen) atoms. The first kappa shape index (κ1) is 16.1. The molecule has 0 aliphatic carbocycles. The zero-order valence-corrected chi connectivity index (χ0v) is 15.2. The van der Waals surface area contributed by atoms with Gasteiger partial charge in [-0.05, 0) is 23.9 Å². The Morgan fingerprint density at radius 1 is 0.926 bits per heavy atom. The number of para-hydroxylation sites is 1. The lowest BCUT2D eigenvalue weighted by Crippen LogP contribution is -2.32. The third-order valence-electron chi connectivity index (χ3n) is 5.46. The summed E-state index contributed by atoms with van der Waals surface area (Å²) in [7, 11) is 1.68. The quantitative estimate of drug-likeness (QED) is 0.695. The fourth-order valence-corrected chi connectivity index (χ4v) is 4.29. The van der Waals surface area contributed by atoms with Gasteiger partial charge < -0.3 is 4.74 Å². The predicted octanol–water partition coefficient (Wildman–Crippen LogP) is 4.41. The monoisotopic (exact) mass is 359 g/mol. The number of carbonyl (C=O) groups is 1. The summed E-state index contributed by atoms with van der Waals surface area (Å²) in [6.07, 6.45) is 0.780. The van der Waals surface area contributed by atoms with Crippen LogP contribution in [0, 0.1) is 0 Å². The van der Waals surface area contributed by atoms with Gasteiger partial charge in [-0.1, -0.05) is 54.6 Å². The Hall–Kier alpha value is -3.05. The van der Waals surface area contributed by atoms with E-state index in [-0.39, 0.29) is 12.2 Å². The van der Waals surface area contributed by atoms with Crippen molar-refractivity contribution < 1.29 is 9.53 Å². The maximum absolute atomic E-state index is 13.4. The number of benzene rings is 3. The van der Waals surface area contributed by atoms with Gasteiger partial charge in [-0.15, -0.1) is 0 Å². The van der Waals surface area contributed by atoms with Crippen LogP contribution in [0.15, 0.2) is 66.7 Å². The predicted molar refractivity (Wildman–Crippen MR) is 106 cm³/mol. The molecule has 3 aromatic rings. The summed E-state index contributed by atoms with van der Waals surface area (Å²) in [5.41, 5.74) is 1.94. The van der Waals surface area contributed by atoms with E-state index in [4.69, 9.17) is 4.74 Å². The number of nitrogens with zero attached hydrogens (tertiary/aromatic N) is 3. The molecule has 5 heteroatoms. The molecule has 3 aromatic carbocycles. The molecule has 5 nitrogen and oxygen atoms in total. The van der Waals surface area contributed by atoms with E-state index in [9.17, 15) is 4.79 Å². The van der Waals surface area contributed by atoms with Crippen molar-refractivity contribution in [2.45, 2.75) is 12.6 Å². The zero-order valence-electron chi connectivity index (χ0n) is 15.2. The molecule has 2 saturated heterocycles. The van der Waals surface area contributed by atoms with Crippen molar-refractivity contribution in [3.05, 3.63) is 72.3 Å². The molecule has 2 aliphatic heterocycles. The smallest absolute Gasteiger partial charge is 0.340 e. The van der Waals surface area contributed by atoms with Gasteiger partial charge in [-0.2, -0.15) is 5.01 Å². The Morgan fingerprint density at radius 3 is 2.59 bits per heavy atom. The molecule has 5 rings (SSSR count). The largest absolute Gasteiger partial charge is 0.496 e. The number of ether oxygens (including phenoxy) is 1. The molecular weight excluding hydrogens is 338 g/mol. The van der Waals surface area contributed by atoms with Crippen LogP contribution in [0.2, 0.25) is 0 Å². The number of amides is 2. The standard InChI is InChI=1S/C22H21N3O2/c1-27-20-13-5-4-11-18(20)21-23-14-7-15-24(23)22(26)25(21)19-12-6-9-16-8-2-3-10-17(16)19/h2-6,8-13,21H,7,14-15H2,1H3/t21-/m0/s1. The second-order valence-electron chi connectivity index (χ2n) is 6.91. The average Bonchev–Trinajstić information content (AvgIpc) is 3.30. The van der Waals surface area contributed by atoms with Crippen molar-refractivity contribution in [1.82, 2.24) is 10.0 Å². The van der Waals surface area contributed by atoms with Crippen molar-refractivity contribution in [2.75, 3.05) is 25.1 Å². The zero-order chi connectivity index (χ0) is 18.4. The number of carbonyl (C=O) groups excluding carboxylic acids is 1. The average molecular weight is 359 g/mol. The summed E-state index contributed by atoms with van der Waals surface area (Å²) >= 11 is 0. The highest BCUT2D eigenvalue weighted by Gasteiger charge is 2.48. The first-order chi connectivity index (χ1) is 13.3. The van der Waals surface area contributed by atoms with Crippen molar-refractivity contribution in [2.24, 2.45) is 0 Å². The third kappa shape index (κ3) is 2.39. The lowest BCUT2D eigenvalue weighted by atomic mass is 10.1. The van der Waals surface area contributed by atoms with Gasteiger partial charge in [0.1, 0.15) is 11.9 Å². The first-order valence-electron chi connectivity index (χ1n) is 9.27. The first-order valence-corrected chi connectivity index (χ1v) is 9.27. The summed E-state index contributed by atoms with van der Waals surface area (Å²) < 4.78 is 5.63. The molecule has 0 saturated carbocycles. The molecule has 2 aliphatic rings. The van der Waals surface area contributed by atoms with E-state index in [1.807, 2.05) is 52.4 Å². The summed E-state index contributed by atoms with van der Waals surface area (Å²) in [5, 5.41) is 6.25. The van der Waals surface area contributed by atoms with E-state index in [0.29, 0.717) is 0 Å². The molecule has 136 valence electrons. The Balaban J connectivity index is 1.72. The van der Waals surface area contributed by atoms with Gasteiger partial charge in [0.05, 0.1) is 12.8 Å². The number of hydrazine groups is 1. The van der Waals surface area contributed by atoms with Gasteiger partial charge in [0, 0.05) is 24.0 Å².